The van der Waals surface area contributed by atoms with E-state index in [-0.39, 0.29) is 18.9 Å². The first-order valence-electron chi connectivity index (χ1n) is 7.48. The van der Waals surface area contributed by atoms with Gasteiger partial charge in [0.05, 0.1) is 11.9 Å². The van der Waals surface area contributed by atoms with Gasteiger partial charge in [0.15, 0.2) is 6.61 Å². The number of carbonyl (C=O) groups is 1. The first-order chi connectivity index (χ1) is 11.8. The van der Waals surface area contributed by atoms with Crippen molar-refractivity contribution in [3.8, 4) is 11.8 Å². The molecule has 0 radical (unpaired) electrons. The van der Waals surface area contributed by atoms with Crippen LogP contribution in [0.25, 0.3) is 10.9 Å². The van der Waals surface area contributed by atoms with Crippen molar-refractivity contribution in [3.05, 3.63) is 66.4 Å². The number of amides is 1. The summed E-state index contributed by atoms with van der Waals surface area (Å²) in [6.07, 6.45) is 1.98. The van der Waals surface area contributed by atoms with Crippen molar-refractivity contribution in [1.29, 1.82) is 5.26 Å². The molecule has 5 heteroatoms. The third kappa shape index (κ3) is 3.68. The Hall–Kier alpha value is -3.39. The molecule has 0 atom stereocenters. The van der Waals surface area contributed by atoms with Gasteiger partial charge in [0.1, 0.15) is 11.8 Å². The molecule has 3 aromatic rings. The van der Waals surface area contributed by atoms with E-state index in [1.54, 1.807) is 30.5 Å². The van der Waals surface area contributed by atoms with Gasteiger partial charge in [-0.15, -0.1) is 0 Å². The van der Waals surface area contributed by atoms with Crippen molar-refractivity contribution in [2.45, 2.75) is 6.42 Å². The van der Waals surface area contributed by atoms with Gasteiger partial charge < -0.3 is 10.1 Å². The number of carbonyl (C=O) groups excluding carboxylic acids is 1. The van der Waals surface area contributed by atoms with Gasteiger partial charge in [-0.2, -0.15) is 5.26 Å². The Morgan fingerprint density at radius 3 is 2.71 bits per heavy atom. The highest BCUT2D eigenvalue weighted by Crippen LogP contribution is 2.18. The van der Waals surface area contributed by atoms with Crippen LogP contribution in [0.4, 0.5) is 5.69 Å². The second-order valence-electron chi connectivity index (χ2n) is 5.19. The van der Waals surface area contributed by atoms with Crippen molar-refractivity contribution >= 4 is 22.5 Å². The van der Waals surface area contributed by atoms with Crippen LogP contribution in [0.2, 0.25) is 0 Å². The van der Waals surface area contributed by atoms with E-state index in [4.69, 9.17) is 10.00 Å². The number of nitriles is 1. The van der Waals surface area contributed by atoms with Crippen LogP contribution in [0, 0.1) is 11.3 Å². The van der Waals surface area contributed by atoms with E-state index < -0.39 is 0 Å². The lowest BCUT2D eigenvalue weighted by Crippen LogP contribution is -2.14. The summed E-state index contributed by atoms with van der Waals surface area (Å²) in [6, 6.07) is 18.5. The molecule has 118 valence electrons. The summed E-state index contributed by atoms with van der Waals surface area (Å²) < 4.78 is 5.18. The molecule has 1 amide bonds. The van der Waals surface area contributed by atoms with E-state index in [0.717, 1.165) is 16.5 Å². The number of aromatic nitrogens is 1. The first kappa shape index (κ1) is 15.5. The fraction of sp³-hybridized carbons (Fsp3) is 0.105. The molecule has 0 aliphatic heterocycles. The predicted molar refractivity (Wildman–Crippen MR) is 91.6 cm³/mol. The Labute approximate surface area is 139 Å². The standard InChI is InChI=1S/C19H15N3O2/c20-10-12-24-17-8-6-16(7-9-17)22-18(23)13-15-4-1-3-14-5-2-11-21-19(14)15/h1-9,11H,12-13H2,(H,22,23). The molecule has 0 spiro atoms. The molecular formula is C19H15N3O2. The molecule has 1 heterocycles. The Morgan fingerprint density at radius 1 is 1.12 bits per heavy atom. The number of anilines is 1. The summed E-state index contributed by atoms with van der Waals surface area (Å²) in [5.74, 6) is 0.478. The highest BCUT2D eigenvalue weighted by atomic mass is 16.5. The minimum Gasteiger partial charge on any atom is -0.479 e. The van der Waals surface area contributed by atoms with Crippen LogP contribution >= 0.6 is 0 Å². The van der Waals surface area contributed by atoms with Crippen LogP contribution in [-0.4, -0.2) is 17.5 Å². The van der Waals surface area contributed by atoms with Crippen LogP contribution in [0.15, 0.2) is 60.8 Å². The quantitative estimate of drug-likeness (QED) is 0.783. The van der Waals surface area contributed by atoms with Gasteiger partial charge in [-0.25, -0.2) is 0 Å². The lowest BCUT2D eigenvalue weighted by atomic mass is 10.1. The average molecular weight is 317 g/mol. The molecule has 24 heavy (non-hydrogen) atoms. The molecule has 0 saturated carbocycles. The summed E-state index contributed by atoms with van der Waals surface area (Å²) >= 11 is 0. The summed E-state index contributed by atoms with van der Waals surface area (Å²) in [4.78, 5) is 16.6. The molecule has 0 unspecified atom stereocenters. The van der Waals surface area contributed by atoms with E-state index in [1.807, 2.05) is 36.4 Å². The Morgan fingerprint density at radius 2 is 1.92 bits per heavy atom. The fourth-order valence-electron chi connectivity index (χ4n) is 2.44. The Kier molecular flexibility index (Phi) is 4.68. The number of pyridine rings is 1. The first-order valence-corrected chi connectivity index (χ1v) is 7.48. The molecule has 1 N–H and O–H groups in total. The zero-order valence-corrected chi connectivity index (χ0v) is 12.9. The van der Waals surface area contributed by atoms with Crippen molar-refractivity contribution in [3.63, 3.8) is 0 Å². The van der Waals surface area contributed by atoms with Crippen LogP contribution < -0.4 is 10.1 Å². The average Bonchev–Trinajstić information content (AvgIpc) is 2.61. The summed E-state index contributed by atoms with van der Waals surface area (Å²) in [7, 11) is 0. The minimum absolute atomic E-state index is 0.000211. The number of hydrogen-bond acceptors (Lipinski definition) is 4. The normalized spacial score (nSPS) is 10.1. The van der Waals surface area contributed by atoms with Crippen LogP contribution in [0.1, 0.15) is 5.56 Å². The number of nitrogens with one attached hydrogen (secondary N) is 1. The fourth-order valence-corrected chi connectivity index (χ4v) is 2.44. The monoisotopic (exact) mass is 317 g/mol. The van der Waals surface area contributed by atoms with Crippen LogP contribution in [0.3, 0.4) is 0 Å². The summed E-state index contributed by atoms with van der Waals surface area (Å²) in [5.41, 5.74) is 2.41. The van der Waals surface area contributed by atoms with Crippen molar-refractivity contribution in [2.75, 3.05) is 11.9 Å². The molecule has 2 aromatic carbocycles. The van der Waals surface area contributed by atoms with E-state index in [1.165, 1.54) is 0 Å². The topological polar surface area (TPSA) is 75.0 Å². The number of rotatable bonds is 5. The van der Waals surface area contributed by atoms with E-state index in [9.17, 15) is 4.79 Å². The molecule has 1 aromatic heterocycles. The predicted octanol–water partition coefficient (Wildman–Crippen LogP) is 3.32. The van der Waals surface area contributed by atoms with E-state index in [0.29, 0.717) is 11.4 Å². The van der Waals surface area contributed by atoms with Gasteiger partial charge in [0.2, 0.25) is 5.91 Å². The van der Waals surface area contributed by atoms with Gasteiger partial charge in [-0.05, 0) is 35.9 Å². The minimum atomic E-state index is -0.112. The van der Waals surface area contributed by atoms with Crippen molar-refractivity contribution in [1.82, 2.24) is 4.98 Å². The zero-order valence-electron chi connectivity index (χ0n) is 12.9. The number of ether oxygens (including phenoxy) is 1. The highest BCUT2D eigenvalue weighted by molar-refractivity contribution is 5.95. The maximum Gasteiger partial charge on any atom is 0.228 e. The lowest BCUT2D eigenvalue weighted by Gasteiger charge is -2.08. The van der Waals surface area contributed by atoms with Gasteiger partial charge in [-0.3, -0.25) is 9.78 Å². The van der Waals surface area contributed by atoms with Crippen LogP contribution in [0.5, 0.6) is 5.75 Å². The maximum atomic E-state index is 12.3. The zero-order chi connectivity index (χ0) is 16.8. The van der Waals surface area contributed by atoms with Crippen molar-refractivity contribution < 1.29 is 9.53 Å². The number of nitrogens with zero attached hydrogens (tertiary/aromatic N) is 2. The highest BCUT2D eigenvalue weighted by Gasteiger charge is 2.08. The molecule has 0 aliphatic rings. The Bertz CT molecular complexity index is 893. The smallest absolute Gasteiger partial charge is 0.228 e. The van der Waals surface area contributed by atoms with Crippen LogP contribution in [-0.2, 0) is 11.2 Å². The lowest BCUT2D eigenvalue weighted by molar-refractivity contribution is -0.115. The van der Waals surface area contributed by atoms with Crippen molar-refractivity contribution in [2.24, 2.45) is 0 Å². The summed E-state index contributed by atoms with van der Waals surface area (Å²) in [5, 5.41) is 12.3. The second-order valence-corrected chi connectivity index (χ2v) is 5.19. The van der Waals surface area contributed by atoms with Gasteiger partial charge in [0.25, 0.3) is 0 Å². The van der Waals surface area contributed by atoms with Gasteiger partial charge >= 0.3 is 0 Å². The van der Waals surface area contributed by atoms with Gasteiger partial charge in [0, 0.05) is 17.3 Å². The third-order valence-corrected chi connectivity index (χ3v) is 3.51. The van der Waals surface area contributed by atoms with Gasteiger partial charge in [-0.1, -0.05) is 24.3 Å². The molecule has 0 saturated heterocycles. The molecular weight excluding hydrogens is 302 g/mol. The molecule has 5 nitrogen and oxygen atoms in total. The second kappa shape index (κ2) is 7.25. The largest absolute Gasteiger partial charge is 0.479 e. The molecule has 0 bridgehead atoms. The molecule has 3 rings (SSSR count). The third-order valence-electron chi connectivity index (χ3n) is 3.51. The Balaban J connectivity index is 1.68. The summed E-state index contributed by atoms with van der Waals surface area (Å²) in [6.45, 7) is -0.000211. The SMILES string of the molecule is N#CCOc1ccc(NC(=O)Cc2cccc3cccnc23)cc1. The molecule has 0 aliphatic carbocycles. The number of benzene rings is 2. The maximum absolute atomic E-state index is 12.3. The number of hydrogen-bond donors (Lipinski definition) is 1. The van der Waals surface area contributed by atoms with E-state index >= 15 is 0 Å². The van der Waals surface area contributed by atoms with E-state index in [2.05, 4.69) is 10.3 Å². The number of para-hydroxylation sites is 1. The molecule has 0 fully saturated rings. The number of fused-ring (bicyclic) bond motifs is 1.